The topological polar surface area (TPSA) is 78.0 Å². The second-order valence-corrected chi connectivity index (χ2v) is 4.38. The smallest absolute Gasteiger partial charge is 0.272 e. The van der Waals surface area contributed by atoms with Gasteiger partial charge in [-0.05, 0) is 25.2 Å². The van der Waals surface area contributed by atoms with E-state index in [1.54, 1.807) is 0 Å². The predicted octanol–water partition coefficient (Wildman–Crippen LogP) is 0.257. The zero-order chi connectivity index (χ0) is 11.5. The molecule has 1 atom stereocenters. The molecule has 0 saturated heterocycles. The largest absolute Gasteiger partial charge is 0.396 e. The summed E-state index contributed by atoms with van der Waals surface area (Å²) in [6.45, 7) is 2.45. The van der Waals surface area contributed by atoms with Crippen LogP contribution in [0.3, 0.4) is 0 Å². The molecular weight excluding hydrogens is 206 g/mol. The number of nitrogens with one attached hydrogen (secondary N) is 2. The minimum absolute atomic E-state index is 0.0796. The number of rotatable bonds is 4. The van der Waals surface area contributed by atoms with Crippen LogP contribution in [-0.2, 0) is 12.8 Å². The van der Waals surface area contributed by atoms with Crippen molar-refractivity contribution in [2.75, 3.05) is 13.2 Å². The van der Waals surface area contributed by atoms with Crippen LogP contribution in [0.1, 0.15) is 35.1 Å². The highest BCUT2D eigenvalue weighted by Crippen LogP contribution is 2.22. The Hall–Kier alpha value is -1.36. The van der Waals surface area contributed by atoms with E-state index in [1.807, 2.05) is 6.92 Å². The summed E-state index contributed by atoms with van der Waals surface area (Å²) in [5.41, 5.74) is 2.69. The van der Waals surface area contributed by atoms with Crippen LogP contribution in [0, 0.1) is 5.92 Å². The zero-order valence-electron chi connectivity index (χ0n) is 9.42. The second kappa shape index (κ2) is 4.65. The summed E-state index contributed by atoms with van der Waals surface area (Å²) in [5.74, 6) is -0.0596. The normalized spacial score (nSPS) is 15.9. The van der Waals surface area contributed by atoms with Crippen molar-refractivity contribution in [1.82, 2.24) is 15.5 Å². The monoisotopic (exact) mass is 223 g/mol. The number of aliphatic hydroxyl groups is 1. The molecule has 0 radical (unpaired) electrons. The SMILES string of the molecule is CC(CO)CNC(=O)c1n[nH]c2c1CCC2. The van der Waals surface area contributed by atoms with Gasteiger partial charge in [-0.1, -0.05) is 6.92 Å². The van der Waals surface area contributed by atoms with Gasteiger partial charge in [0.05, 0.1) is 0 Å². The third-order valence-electron chi connectivity index (χ3n) is 2.94. The van der Waals surface area contributed by atoms with Crippen LogP contribution in [-0.4, -0.2) is 34.4 Å². The molecule has 1 unspecified atom stereocenters. The number of hydrogen-bond donors (Lipinski definition) is 3. The summed E-state index contributed by atoms with van der Waals surface area (Å²) in [6.07, 6.45) is 3.02. The Labute approximate surface area is 94.2 Å². The number of carbonyl (C=O) groups excluding carboxylic acids is 1. The Morgan fingerprint density at radius 2 is 2.44 bits per heavy atom. The highest BCUT2D eigenvalue weighted by molar-refractivity contribution is 5.94. The summed E-state index contributed by atoms with van der Waals surface area (Å²) >= 11 is 0. The minimum Gasteiger partial charge on any atom is -0.396 e. The number of H-pyrrole nitrogens is 1. The van der Waals surface area contributed by atoms with E-state index in [0.29, 0.717) is 12.2 Å². The molecule has 16 heavy (non-hydrogen) atoms. The fraction of sp³-hybridized carbons (Fsp3) is 0.636. The van der Waals surface area contributed by atoms with Crippen molar-refractivity contribution >= 4 is 5.91 Å². The maximum atomic E-state index is 11.8. The van der Waals surface area contributed by atoms with Crippen molar-refractivity contribution in [1.29, 1.82) is 0 Å². The van der Waals surface area contributed by atoms with Gasteiger partial charge in [0.2, 0.25) is 0 Å². The lowest BCUT2D eigenvalue weighted by Crippen LogP contribution is -2.30. The molecule has 0 aromatic carbocycles. The molecule has 1 aliphatic carbocycles. The second-order valence-electron chi connectivity index (χ2n) is 4.38. The number of nitrogens with zero attached hydrogens (tertiary/aromatic N) is 1. The molecule has 88 valence electrons. The van der Waals surface area contributed by atoms with Gasteiger partial charge in [-0.15, -0.1) is 0 Å². The van der Waals surface area contributed by atoms with Crippen LogP contribution in [0.4, 0.5) is 0 Å². The van der Waals surface area contributed by atoms with Crippen LogP contribution in [0.5, 0.6) is 0 Å². The summed E-state index contributed by atoms with van der Waals surface area (Å²) in [7, 11) is 0. The molecule has 0 aliphatic heterocycles. The Kier molecular flexibility index (Phi) is 3.24. The van der Waals surface area contributed by atoms with Gasteiger partial charge in [0.1, 0.15) is 0 Å². The number of aryl methyl sites for hydroxylation is 1. The van der Waals surface area contributed by atoms with Crippen LogP contribution in [0.2, 0.25) is 0 Å². The van der Waals surface area contributed by atoms with Crippen molar-refractivity contribution in [2.45, 2.75) is 26.2 Å². The first-order valence-electron chi connectivity index (χ1n) is 5.67. The minimum atomic E-state index is -0.139. The van der Waals surface area contributed by atoms with E-state index >= 15 is 0 Å². The van der Waals surface area contributed by atoms with Crippen molar-refractivity contribution < 1.29 is 9.90 Å². The van der Waals surface area contributed by atoms with Gasteiger partial charge in [0, 0.05) is 24.4 Å². The van der Waals surface area contributed by atoms with E-state index in [0.717, 1.165) is 30.5 Å². The lowest BCUT2D eigenvalue weighted by Gasteiger charge is -2.08. The molecule has 0 spiro atoms. The Balaban J connectivity index is 1.99. The molecule has 0 bridgehead atoms. The molecule has 2 rings (SSSR count). The quantitative estimate of drug-likeness (QED) is 0.685. The molecule has 1 aromatic heterocycles. The lowest BCUT2D eigenvalue weighted by atomic mass is 10.1. The maximum absolute atomic E-state index is 11.8. The number of fused-ring (bicyclic) bond motifs is 1. The molecule has 1 aromatic rings. The van der Waals surface area contributed by atoms with Crippen molar-refractivity contribution in [3.63, 3.8) is 0 Å². The molecule has 1 heterocycles. The third-order valence-corrected chi connectivity index (χ3v) is 2.94. The first-order valence-corrected chi connectivity index (χ1v) is 5.67. The first-order chi connectivity index (χ1) is 7.72. The molecule has 0 saturated carbocycles. The van der Waals surface area contributed by atoms with Crippen LogP contribution < -0.4 is 5.32 Å². The summed E-state index contributed by atoms with van der Waals surface area (Å²) < 4.78 is 0. The van der Waals surface area contributed by atoms with Crippen LogP contribution >= 0.6 is 0 Å². The number of hydrogen-bond acceptors (Lipinski definition) is 3. The van der Waals surface area contributed by atoms with Crippen molar-refractivity contribution in [3.8, 4) is 0 Å². The molecule has 1 aliphatic rings. The average Bonchev–Trinajstić information content (AvgIpc) is 2.86. The maximum Gasteiger partial charge on any atom is 0.272 e. The van der Waals surface area contributed by atoms with Gasteiger partial charge in [-0.2, -0.15) is 5.10 Å². The van der Waals surface area contributed by atoms with E-state index in [1.165, 1.54) is 0 Å². The number of aromatic nitrogens is 2. The fourth-order valence-electron chi connectivity index (χ4n) is 1.92. The standard InChI is InChI=1S/C11H17N3O2/c1-7(6-15)5-12-11(16)10-8-3-2-4-9(8)13-14-10/h7,15H,2-6H2,1H3,(H,12,16)(H,13,14). The van der Waals surface area contributed by atoms with Crippen LogP contribution in [0.15, 0.2) is 0 Å². The predicted molar refractivity (Wildman–Crippen MR) is 59.2 cm³/mol. The van der Waals surface area contributed by atoms with E-state index < -0.39 is 0 Å². The molecule has 3 N–H and O–H groups in total. The Morgan fingerprint density at radius 3 is 3.19 bits per heavy atom. The average molecular weight is 223 g/mol. The van der Waals surface area contributed by atoms with Crippen molar-refractivity contribution in [2.24, 2.45) is 5.92 Å². The summed E-state index contributed by atoms with van der Waals surface area (Å²) in [6, 6.07) is 0. The molecule has 5 nitrogen and oxygen atoms in total. The fourth-order valence-corrected chi connectivity index (χ4v) is 1.92. The Bertz CT molecular complexity index is 387. The van der Waals surface area contributed by atoms with Gasteiger partial charge >= 0.3 is 0 Å². The number of amides is 1. The number of aliphatic hydroxyl groups excluding tert-OH is 1. The van der Waals surface area contributed by atoms with E-state index in [9.17, 15) is 4.79 Å². The Morgan fingerprint density at radius 1 is 1.62 bits per heavy atom. The summed E-state index contributed by atoms with van der Waals surface area (Å²) in [4.78, 5) is 11.8. The van der Waals surface area contributed by atoms with Gasteiger partial charge < -0.3 is 10.4 Å². The van der Waals surface area contributed by atoms with Gasteiger partial charge in [0.25, 0.3) is 5.91 Å². The highest BCUT2D eigenvalue weighted by atomic mass is 16.3. The number of aromatic amines is 1. The summed E-state index contributed by atoms with van der Waals surface area (Å²) in [5, 5.41) is 18.6. The number of carbonyl (C=O) groups is 1. The van der Waals surface area contributed by atoms with Gasteiger partial charge in [0.15, 0.2) is 5.69 Å². The molecule has 1 amide bonds. The van der Waals surface area contributed by atoms with E-state index in [2.05, 4.69) is 15.5 Å². The highest BCUT2D eigenvalue weighted by Gasteiger charge is 2.22. The van der Waals surface area contributed by atoms with Gasteiger partial charge in [-0.3, -0.25) is 9.89 Å². The first kappa shape index (κ1) is 11.1. The zero-order valence-corrected chi connectivity index (χ0v) is 9.42. The third kappa shape index (κ3) is 2.09. The van der Waals surface area contributed by atoms with Gasteiger partial charge in [-0.25, -0.2) is 0 Å². The molecular formula is C11H17N3O2. The van der Waals surface area contributed by atoms with E-state index in [4.69, 9.17) is 5.11 Å². The van der Waals surface area contributed by atoms with E-state index in [-0.39, 0.29) is 18.4 Å². The lowest BCUT2D eigenvalue weighted by molar-refractivity contribution is 0.0936. The molecule has 5 heteroatoms. The van der Waals surface area contributed by atoms with Crippen molar-refractivity contribution in [3.05, 3.63) is 17.0 Å². The van der Waals surface area contributed by atoms with Crippen LogP contribution in [0.25, 0.3) is 0 Å². The molecule has 0 fully saturated rings.